The molecule has 0 spiro atoms. The van der Waals surface area contributed by atoms with Gasteiger partial charge in [-0.25, -0.2) is 0 Å². The predicted molar refractivity (Wildman–Crippen MR) is 116 cm³/mol. The Morgan fingerprint density at radius 2 is 1.93 bits per heavy atom. The number of rotatable bonds is 7. The number of ether oxygens (including phenoxy) is 2. The molecule has 0 bridgehead atoms. The first kappa shape index (κ1) is 21.5. The molecule has 0 radical (unpaired) electrons. The van der Waals surface area contributed by atoms with Crippen LogP contribution in [0.25, 0.3) is 0 Å². The zero-order chi connectivity index (χ0) is 21.3. The summed E-state index contributed by atoms with van der Waals surface area (Å²) in [6, 6.07) is 7.45. The molecule has 5 atom stereocenters. The Balaban J connectivity index is 1.45. The van der Waals surface area contributed by atoms with Gasteiger partial charge in [0.2, 0.25) is 11.1 Å². The third-order valence-electron chi connectivity index (χ3n) is 6.00. The maximum Gasteiger partial charge on any atom is 0.238 e. The summed E-state index contributed by atoms with van der Waals surface area (Å²) >= 11 is 1.18. The average Bonchev–Trinajstić information content (AvgIpc) is 3.18. The topological polar surface area (TPSA) is 100.0 Å². The number of hydrogen-bond acceptors (Lipinski definition) is 9. The largest absolute Gasteiger partial charge is 0.388 e. The van der Waals surface area contributed by atoms with E-state index in [2.05, 4.69) is 26.8 Å². The van der Waals surface area contributed by atoms with E-state index in [1.165, 1.54) is 43.5 Å². The molecule has 2 aromatic rings. The van der Waals surface area contributed by atoms with Crippen molar-refractivity contribution >= 4 is 22.6 Å². The summed E-state index contributed by atoms with van der Waals surface area (Å²) < 4.78 is 15.8. The average molecular weight is 435 g/mol. The zero-order valence-corrected chi connectivity index (χ0v) is 18.4. The van der Waals surface area contributed by atoms with Crippen LogP contribution in [0.3, 0.4) is 0 Å². The maximum absolute atomic E-state index is 10.8. The summed E-state index contributed by atoms with van der Waals surface area (Å²) in [7, 11) is 5.23. The van der Waals surface area contributed by atoms with Crippen molar-refractivity contribution in [3.63, 3.8) is 0 Å². The lowest BCUT2D eigenvalue weighted by Crippen LogP contribution is -2.57. The van der Waals surface area contributed by atoms with E-state index < -0.39 is 30.6 Å². The lowest BCUT2D eigenvalue weighted by atomic mass is 9.81. The lowest BCUT2D eigenvalue weighted by molar-refractivity contribution is -0.250. The summed E-state index contributed by atoms with van der Waals surface area (Å²) in [4.78, 5) is 6.17. The van der Waals surface area contributed by atoms with E-state index in [4.69, 9.17) is 9.47 Å². The Bertz CT molecular complexity index is 825. The molecule has 2 fully saturated rings. The summed E-state index contributed by atoms with van der Waals surface area (Å²) in [6.45, 7) is 0. The molecule has 1 aromatic heterocycles. The van der Waals surface area contributed by atoms with E-state index in [-0.39, 0.29) is 0 Å². The highest BCUT2D eigenvalue weighted by Crippen LogP contribution is 2.35. The van der Waals surface area contributed by atoms with Gasteiger partial charge in [-0.3, -0.25) is 0 Å². The first-order chi connectivity index (χ1) is 14.5. The third-order valence-corrected chi connectivity index (χ3v) is 6.63. The molecule has 164 valence electrons. The van der Waals surface area contributed by atoms with Crippen LogP contribution in [0.5, 0.6) is 0 Å². The van der Waals surface area contributed by atoms with Gasteiger partial charge in [0.1, 0.15) is 24.4 Å². The molecule has 2 heterocycles. The highest BCUT2D eigenvalue weighted by Gasteiger charge is 2.45. The second-order valence-corrected chi connectivity index (χ2v) is 9.10. The first-order valence-corrected chi connectivity index (χ1v) is 11.1. The maximum atomic E-state index is 10.8. The number of methoxy groups -OCH3 is 1. The smallest absolute Gasteiger partial charge is 0.238 e. The first-order valence-electron chi connectivity index (χ1n) is 10.4. The van der Waals surface area contributed by atoms with Crippen LogP contribution >= 0.6 is 11.5 Å². The zero-order valence-electron chi connectivity index (χ0n) is 17.6. The number of hydrogen-bond donors (Lipinski definition) is 3. The van der Waals surface area contributed by atoms with E-state index in [1.807, 2.05) is 26.2 Å². The van der Waals surface area contributed by atoms with E-state index in [0.29, 0.717) is 11.1 Å². The molecular weight excluding hydrogens is 404 g/mol. The van der Waals surface area contributed by atoms with Crippen LogP contribution in [0, 0.1) is 5.92 Å². The number of benzene rings is 1. The third kappa shape index (κ3) is 4.45. The summed E-state index contributed by atoms with van der Waals surface area (Å²) in [6.07, 6.45) is 1.43. The van der Waals surface area contributed by atoms with Crippen molar-refractivity contribution in [1.82, 2.24) is 9.36 Å². The van der Waals surface area contributed by atoms with Crippen LogP contribution in [0.2, 0.25) is 0 Å². The number of aromatic nitrogens is 2. The number of nitrogens with zero attached hydrogens (tertiary/aromatic N) is 3. The molecule has 1 aromatic carbocycles. The molecule has 3 N–H and O–H groups in total. The molecular formula is C21H30N4O4S. The van der Waals surface area contributed by atoms with Gasteiger partial charge in [0.15, 0.2) is 6.29 Å². The minimum atomic E-state index is -1.10. The second kappa shape index (κ2) is 9.15. The number of aliphatic hydroxyl groups excluding tert-OH is 2. The number of aliphatic hydroxyl groups is 2. The van der Waals surface area contributed by atoms with Gasteiger partial charge in [0, 0.05) is 32.7 Å². The van der Waals surface area contributed by atoms with Gasteiger partial charge in [-0.05, 0) is 23.5 Å². The van der Waals surface area contributed by atoms with Crippen LogP contribution < -0.4 is 10.2 Å². The van der Waals surface area contributed by atoms with Crippen molar-refractivity contribution in [3.05, 3.63) is 35.4 Å². The Morgan fingerprint density at radius 1 is 1.20 bits per heavy atom. The molecule has 8 nitrogen and oxygen atoms in total. The minimum Gasteiger partial charge on any atom is -0.388 e. The molecule has 0 unspecified atom stereocenters. The van der Waals surface area contributed by atoms with Crippen LogP contribution in [0.1, 0.15) is 36.5 Å². The number of anilines is 2. The van der Waals surface area contributed by atoms with Crippen molar-refractivity contribution < 1.29 is 19.7 Å². The molecule has 2 aliphatic rings. The minimum absolute atomic E-state index is 0.527. The van der Waals surface area contributed by atoms with Crippen molar-refractivity contribution in [3.8, 4) is 0 Å². The van der Waals surface area contributed by atoms with E-state index in [0.717, 1.165) is 17.9 Å². The molecule has 0 amide bonds. The van der Waals surface area contributed by atoms with Crippen LogP contribution in [-0.4, -0.2) is 65.3 Å². The monoisotopic (exact) mass is 434 g/mol. The van der Waals surface area contributed by atoms with Gasteiger partial charge in [-0.15, -0.1) is 0 Å². The van der Waals surface area contributed by atoms with Gasteiger partial charge in [-0.1, -0.05) is 43.5 Å². The van der Waals surface area contributed by atoms with Gasteiger partial charge in [0.25, 0.3) is 0 Å². The normalized spacial score (nSPS) is 29.4. The summed E-state index contributed by atoms with van der Waals surface area (Å²) in [5, 5.41) is 25.3. The fraction of sp³-hybridized carbons (Fsp3) is 0.619. The van der Waals surface area contributed by atoms with Gasteiger partial charge < -0.3 is 29.9 Å². The van der Waals surface area contributed by atoms with Crippen molar-refractivity contribution in [2.75, 3.05) is 31.4 Å². The van der Waals surface area contributed by atoms with Crippen LogP contribution in [-0.2, 0) is 15.9 Å². The standard InChI is InChI=1S/C21H30N4O4S/c1-25(2)20-23-21(30-24-20)22-15-16(26)17(27)18(29-19(15)28-3)14-9-7-13(8-10-14)11-12-5-4-6-12/h7-10,12,15-19,26-27H,4-6,11H2,1-3H3,(H,22,23,24)/t15-,16+,17+,18+,19-/m0/s1. The van der Waals surface area contributed by atoms with Gasteiger partial charge in [0.05, 0.1) is 0 Å². The predicted octanol–water partition coefficient (Wildman–Crippen LogP) is 2.19. The van der Waals surface area contributed by atoms with Crippen LogP contribution in [0.4, 0.5) is 11.1 Å². The van der Waals surface area contributed by atoms with Crippen molar-refractivity contribution in [2.24, 2.45) is 5.92 Å². The fourth-order valence-electron chi connectivity index (χ4n) is 3.97. The molecule has 30 heavy (non-hydrogen) atoms. The molecule has 1 saturated carbocycles. The number of nitrogens with one attached hydrogen (secondary N) is 1. The van der Waals surface area contributed by atoms with E-state index in [1.54, 1.807) is 4.90 Å². The van der Waals surface area contributed by atoms with Gasteiger partial charge >= 0.3 is 0 Å². The van der Waals surface area contributed by atoms with Crippen molar-refractivity contribution in [2.45, 2.75) is 56.3 Å². The highest BCUT2D eigenvalue weighted by molar-refractivity contribution is 7.09. The SMILES string of the molecule is CO[C@H]1O[C@H](c2ccc(CC3CCC3)cc2)[C@H](O)[C@H](O)[C@@H]1Nc1nc(N(C)C)ns1. The quantitative estimate of drug-likeness (QED) is 0.610. The van der Waals surface area contributed by atoms with Crippen LogP contribution in [0.15, 0.2) is 24.3 Å². The molecule has 9 heteroatoms. The second-order valence-electron chi connectivity index (χ2n) is 8.35. The molecule has 1 aliphatic carbocycles. The molecule has 1 aliphatic heterocycles. The lowest BCUT2D eigenvalue weighted by Gasteiger charge is -2.42. The summed E-state index contributed by atoms with van der Waals surface area (Å²) in [5.41, 5.74) is 2.12. The Labute approximate surface area is 181 Å². The van der Waals surface area contributed by atoms with E-state index in [9.17, 15) is 10.2 Å². The fourth-order valence-corrected chi connectivity index (χ4v) is 4.65. The Morgan fingerprint density at radius 3 is 2.50 bits per heavy atom. The highest BCUT2D eigenvalue weighted by atomic mass is 32.1. The van der Waals surface area contributed by atoms with Crippen molar-refractivity contribution in [1.29, 1.82) is 0 Å². The van der Waals surface area contributed by atoms with Gasteiger partial charge in [-0.2, -0.15) is 9.36 Å². The summed E-state index contributed by atoms with van der Waals surface area (Å²) in [5.74, 6) is 1.37. The molecule has 4 rings (SSSR count). The Kier molecular flexibility index (Phi) is 6.54. The van der Waals surface area contributed by atoms with E-state index >= 15 is 0 Å². The Hall–Kier alpha value is -1.78. The molecule has 1 saturated heterocycles.